The molecule has 2 N–H and O–H groups in total. The number of rotatable bonds is 2. The molecule has 0 aromatic rings. The summed E-state index contributed by atoms with van der Waals surface area (Å²) in [7, 11) is -7.83. The Morgan fingerprint density at radius 1 is 0.605 bits per heavy atom. The number of sulfone groups is 2. The molecule has 0 atom stereocenters. The van der Waals surface area contributed by atoms with Crippen molar-refractivity contribution in [2.75, 3.05) is 11.5 Å². The van der Waals surface area contributed by atoms with Gasteiger partial charge in [-0.15, -0.1) is 0 Å². The first-order valence-corrected chi connectivity index (χ1v) is 14.6. The lowest BCUT2D eigenvalue weighted by molar-refractivity contribution is -0.302. The molecule has 4 aliphatic heterocycles. The number of carbonyl (C=O) groups excluding carboxylic acids is 4. The Bertz CT molecular complexity index is 1410. The minimum atomic E-state index is -3.91. The third-order valence-corrected chi connectivity index (χ3v) is 10.3. The molecule has 38 heavy (non-hydrogen) atoms. The zero-order chi connectivity index (χ0) is 27.7. The second-order valence-electron chi connectivity index (χ2n) is 9.24. The highest BCUT2D eigenvalue weighted by Gasteiger charge is 2.55. The Morgan fingerprint density at radius 3 is 1.21 bits per heavy atom. The van der Waals surface area contributed by atoms with Crippen LogP contribution in [0, 0.1) is 0 Å². The molecule has 0 radical (unpaired) electrons. The monoisotopic (exact) mass is 572 g/mol. The van der Waals surface area contributed by atoms with Crippen LogP contribution in [-0.2, 0) is 57.8 Å². The number of hydrogen-bond acceptors (Lipinski definition) is 14. The lowest BCUT2D eigenvalue weighted by Gasteiger charge is -2.46. The zero-order valence-corrected chi connectivity index (χ0v) is 21.1. The molecule has 4 heterocycles. The number of hydrogen-bond donors (Lipinski definition) is 2. The Morgan fingerprint density at radius 2 is 0.947 bits per heavy atom. The Kier molecular flexibility index (Phi) is 5.76. The van der Waals surface area contributed by atoms with Gasteiger partial charge >= 0.3 is 11.9 Å². The van der Waals surface area contributed by atoms with Gasteiger partial charge in [-0.05, 0) is 12.2 Å². The second-order valence-corrected chi connectivity index (χ2v) is 13.4. The van der Waals surface area contributed by atoms with Gasteiger partial charge in [-0.25, -0.2) is 26.4 Å². The van der Waals surface area contributed by atoms with Gasteiger partial charge in [0.25, 0.3) is 23.5 Å². The molecule has 1 saturated carbocycles. The Labute approximate surface area is 215 Å². The minimum absolute atomic E-state index is 0.215. The van der Waals surface area contributed by atoms with Gasteiger partial charge in [-0.3, -0.25) is 9.59 Å². The van der Waals surface area contributed by atoms with E-state index in [0.717, 1.165) is 0 Å². The van der Waals surface area contributed by atoms with Gasteiger partial charge < -0.3 is 29.2 Å². The normalized spacial score (nSPS) is 34.6. The maximum atomic E-state index is 12.6. The largest absolute Gasteiger partial charge is 0.480 e. The molecule has 5 rings (SSSR count). The molecule has 3 fully saturated rings. The quantitative estimate of drug-likeness (QED) is 0.334. The van der Waals surface area contributed by atoms with Crippen molar-refractivity contribution in [2.24, 2.45) is 0 Å². The first kappa shape index (κ1) is 26.0. The summed E-state index contributed by atoms with van der Waals surface area (Å²) in [4.78, 5) is 47.8. The van der Waals surface area contributed by atoms with Crippen LogP contribution in [0.5, 0.6) is 0 Å². The summed E-state index contributed by atoms with van der Waals surface area (Å²) in [6.07, 6.45) is 0.0481. The second kappa shape index (κ2) is 8.42. The smallest absolute Gasteiger partial charge is 0.348 e. The van der Waals surface area contributed by atoms with Crippen molar-refractivity contribution in [2.45, 2.75) is 50.1 Å². The van der Waals surface area contributed by atoms with Gasteiger partial charge in [-0.1, -0.05) is 0 Å². The number of Topliss-reactive ketones (excluding diaryl/α,β-unsaturated/α-hetero) is 2. The summed E-state index contributed by atoms with van der Waals surface area (Å²) < 4.78 is 69.6. The molecule has 5 aliphatic rings. The predicted molar refractivity (Wildman–Crippen MR) is 121 cm³/mol. The van der Waals surface area contributed by atoms with Crippen LogP contribution in [0.25, 0.3) is 0 Å². The Balaban J connectivity index is 1.34. The fraction of sp³-hybridized carbons (Fsp3) is 0.455. The molecule has 14 nitrogen and oxygen atoms in total. The van der Waals surface area contributed by atoms with E-state index in [0.29, 0.717) is 12.2 Å². The van der Waals surface area contributed by atoms with Crippen LogP contribution < -0.4 is 0 Å². The average Bonchev–Trinajstić information content (AvgIpc) is 3.23. The molecule has 2 saturated heterocycles. The van der Waals surface area contributed by atoms with E-state index < -0.39 is 99.1 Å². The highest BCUT2D eigenvalue weighted by atomic mass is 32.2. The van der Waals surface area contributed by atoms with E-state index in [2.05, 4.69) is 0 Å². The molecule has 204 valence electrons. The number of esters is 2. The van der Waals surface area contributed by atoms with Crippen LogP contribution in [-0.4, -0.2) is 73.6 Å². The third-order valence-electron chi connectivity index (χ3n) is 6.76. The fourth-order valence-corrected chi connectivity index (χ4v) is 7.50. The van der Waals surface area contributed by atoms with Gasteiger partial charge in [0.05, 0.1) is 11.5 Å². The van der Waals surface area contributed by atoms with Crippen molar-refractivity contribution in [1.29, 1.82) is 0 Å². The van der Waals surface area contributed by atoms with E-state index in [-0.39, 0.29) is 38.5 Å². The molecule has 0 unspecified atom stereocenters. The van der Waals surface area contributed by atoms with Crippen LogP contribution in [0.2, 0.25) is 0 Å². The first-order chi connectivity index (χ1) is 17.7. The third kappa shape index (κ3) is 4.26. The number of ether oxygens (including phenoxy) is 4. The van der Waals surface area contributed by atoms with E-state index in [4.69, 9.17) is 18.9 Å². The minimum Gasteiger partial charge on any atom is -0.480 e. The van der Waals surface area contributed by atoms with E-state index in [1.54, 1.807) is 0 Å². The summed E-state index contributed by atoms with van der Waals surface area (Å²) in [5.74, 6) is -9.96. The summed E-state index contributed by atoms with van der Waals surface area (Å²) in [6.45, 7) is 0. The molecular weight excluding hydrogens is 552 g/mol. The van der Waals surface area contributed by atoms with Gasteiger partial charge in [0.2, 0.25) is 0 Å². The number of carbonyl (C=O) groups is 4. The first-order valence-electron chi connectivity index (χ1n) is 11.3. The molecule has 2 spiro atoms. The highest BCUT2D eigenvalue weighted by Crippen LogP contribution is 2.46. The predicted octanol–water partition coefficient (Wildman–Crippen LogP) is 0.182. The zero-order valence-electron chi connectivity index (χ0n) is 19.4. The number of allylic oxidation sites excluding steroid dienone is 2. The van der Waals surface area contributed by atoms with Crippen molar-refractivity contribution in [3.63, 3.8) is 0 Å². The molecule has 0 aromatic heterocycles. The van der Waals surface area contributed by atoms with Crippen LogP contribution in [0.15, 0.2) is 45.0 Å². The van der Waals surface area contributed by atoms with Crippen molar-refractivity contribution >= 4 is 43.2 Å². The maximum absolute atomic E-state index is 12.6. The average molecular weight is 573 g/mol. The summed E-state index contributed by atoms with van der Waals surface area (Å²) in [5, 5.41) is 20.7. The summed E-state index contributed by atoms with van der Waals surface area (Å²) in [5.41, 5.74) is -1.31. The number of aliphatic hydroxyl groups is 2. The number of ketones is 2. The molecule has 16 heteroatoms. The van der Waals surface area contributed by atoms with E-state index >= 15 is 0 Å². The SMILES string of the molecule is O=C1OC2(CCC3(CC2)OC(=O)C(/C=C2\C(=O)CCS2(=O)=O)=C(O)O3)OC(O)=C1/C=C1\C(=O)CCS1(=O)=O. The van der Waals surface area contributed by atoms with Crippen LogP contribution in [0.1, 0.15) is 38.5 Å². The van der Waals surface area contributed by atoms with Gasteiger partial charge in [0.15, 0.2) is 31.2 Å². The standard InChI is InChI=1S/C22H20O14S2/c23-13-1-7-37(29,30)15(13)9-11-17(25)33-21(34-18(11)26)3-5-22(6-4-21)35-19(27)12(20(28)36-22)10-16-14(24)2-8-38(16,31)32/h9-10,25,27H,1-8H2/b15-9+,16-10+. The topological polar surface area (TPSA) is 214 Å². The highest BCUT2D eigenvalue weighted by molar-refractivity contribution is 7.97. The van der Waals surface area contributed by atoms with Gasteiger partial charge in [-0.2, -0.15) is 0 Å². The Hall–Kier alpha value is -3.66. The van der Waals surface area contributed by atoms with Crippen LogP contribution >= 0.6 is 0 Å². The van der Waals surface area contributed by atoms with Crippen LogP contribution in [0.3, 0.4) is 0 Å². The van der Waals surface area contributed by atoms with Gasteiger partial charge in [0.1, 0.15) is 21.0 Å². The molecular formula is C22H20O14S2. The van der Waals surface area contributed by atoms with Crippen molar-refractivity contribution in [1.82, 2.24) is 0 Å². The molecule has 0 aromatic carbocycles. The summed E-state index contributed by atoms with van der Waals surface area (Å²) in [6, 6.07) is 0. The van der Waals surface area contributed by atoms with E-state index in [9.17, 15) is 46.2 Å². The van der Waals surface area contributed by atoms with Crippen molar-refractivity contribution < 1.29 is 65.2 Å². The lowest BCUT2D eigenvalue weighted by atomic mass is 9.87. The number of aliphatic hydroxyl groups excluding tert-OH is 2. The molecule has 1 aliphatic carbocycles. The van der Waals surface area contributed by atoms with Crippen molar-refractivity contribution in [3.8, 4) is 0 Å². The molecule has 0 amide bonds. The van der Waals surface area contributed by atoms with Gasteiger partial charge in [0, 0.05) is 38.5 Å². The maximum Gasteiger partial charge on any atom is 0.348 e. The lowest BCUT2D eigenvalue weighted by Crippen LogP contribution is -2.53. The summed E-state index contributed by atoms with van der Waals surface area (Å²) >= 11 is 0. The van der Waals surface area contributed by atoms with E-state index in [1.807, 2.05) is 0 Å². The fourth-order valence-electron chi connectivity index (χ4n) is 4.66. The molecule has 0 bridgehead atoms. The van der Waals surface area contributed by atoms with Crippen LogP contribution in [0.4, 0.5) is 0 Å². The van der Waals surface area contributed by atoms with Crippen molar-refractivity contribution in [3.05, 3.63) is 45.0 Å². The van der Waals surface area contributed by atoms with E-state index in [1.165, 1.54) is 0 Å².